The molecule has 1 aliphatic rings. The van der Waals surface area contributed by atoms with Gasteiger partial charge in [-0.1, -0.05) is 69.4 Å². The number of amides is 1. The molecule has 0 heterocycles. The molecule has 2 aromatic carbocycles. The summed E-state index contributed by atoms with van der Waals surface area (Å²) in [6.07, 6.45) is 9.08. The van der Waals surface area contributed by atoms with Gasteiger partial charge in [0.1, 0.15) is 9.84 Å². The molecular weight excluding hydrogens is 551 g/mol. The Balaban J connectivity index is 0.00000588. The Labute approximate surface area is 262 Å². The van der Waals surface area contributed by atoms with Crippen LogP contribution in [0.15, 0.2) is 42.5 Å². The summed E-state index contributed by atoms with van der Waals surface area (Å²) in [5.74, 6) is 1.68. The number of hydroxylamine groups is 1. The maximum absolute atomic E-state index is 13.1. The van der Waals surface area contributed by atoms with Crippen LogP contribution in [-0.4, -0.2) is 68.7 Å². The summed E-state index contributed by atoms with van der Waals surface area (Å²) in [4.78, 5) is 30.1. The van der Waals surface area contributed by atoms with Crippen molar-refractivity contribution in [2.45, 2.75) is 77.8 Å². The second-order valence-electron chi connectivity index (χ2n) is 10.8. The average Bonchev–Trinajstić information content (AvgIpc) is 2.93. The molecule has 222 valence electrons. The third-order valence-electron chi connectivity index (χ3n) is 7.38. The van der Waals surface area contributed by atoms with Gasteiger partial charge in [-0.3, -0.25) is 4.79 Å². The number of carbonyl (C=O) groups is 2. The van der Waals surface area contributed by atoms with Gasteiger partial charge in [0, 0.05) is 31.0 Å². The first kappa shape index (κ1) is 35.4. The summed E-state index contributed by atoms with van der Waals surface area (Å²) in [5, 5.41) is 3.80. The minimum absolute atomic E-state index is 0. The normalized spacial score (nSPS) is 14.6. The second-order valence-corrected chi connectivity index (χ2v) is 14.4. The first-order chi connectivity index (χ1) is 19.2. The van der Waals surface area contributed by atoms with Crippen LogP contribution in [0.3, 0.4) is 0 Å². The molecule has 0 aromatic heterocycles. The van der Waals surface area contributed by atoms with Crippen molar-refractivity contribution in [3.05, 3.63) is 59.2 Å². The van der Waals surface area contributed by atoms with E-state index >= 15 is 0 Å². The molecule has 1 unspecified atom stereocenters. The summed E-state index contributed by atoms with van der Waals surface area (Å²) in [6, 6.07) is 14.1. The van der Waals surface area contributed by atoms with Crippen LogP contribution in [0, 0.1) is 12.8 Å². The summed E-state index contributed by atoms with van der Waals surface area (Å²) in [6.45, 7) is 4.91. The first-order valence-electron chi connectivity index (χ1n) is 14.3. The van der Waals surface area contributed by atoms with Crippen molar-refractivity contribution >= 4 is 52.3 Å². The molecule has 1 aliphatic carbocycles. The van der Waals surface area contributed by atoms with Gasteiger partial charge in [-0.2, -0.15) is 17.2 Å². The zero-order valence-electron chi connectivity index (χ0n) is 24.0. The van der Waals surface area contributed by atoms with Gasteiger partial charge >= 0.3 is 24.8 Å². The Hall–Kier alpha value is -1.76. The number of rotatable bonds is 14. The molecule has 0 aliphatic heterocycles. The van der Waals surface area contributed by atoms with E-state index in [0.717, 1.165) is 45.9 Å². The number of aryl methyl sites for hydroxylation is 1. The fraction of sp³-hybridized carbons (Fsp3) is 0.548. The van der Waals surface area contributed by atoms with Crippen LogP contribution >= 0.6 is 11.8 Å². The topological polar surface area (TPSA) is 102 Å². The Morgan fingerprint density at radius 1 is 1.07 bits per heavy atom. The van der Waals surface area contributed by atoms with E-state index in [-0.39, 0.29) is 37.5 Å². The first-order valence-corrected chi connectivity index (χ1v) is 17.6. The number of sulfone groups is 1. The molecule has 10 heteroatoms. The van der Waals surface area contributed by atoms with Crippen molar-refractivity contribution in [3.63, 3.8) is 0 Å². The second kappa shape index (κ2) is 18.0. The third-order valence-corrected chi connectivity index (χ3v) is 9.45. The quantitative estimate of drug-likeness (QED) is 0.228. The van der Waals surface area contributed by atoms with Crippen molar-refractivity contribution in [1.29, 1.82) is 0 Å². The van der Waals surface area contributed by atoms with E-state index in [0.29, 0.717) is 18.2 Å². The van der Waals surface area contributed by atoms with Crippen LogP contribution < -0.4 is 10.8 Å². The molecule has 2 aromatic rings. The summed E-state index contributed by atoms with van der Waals surface area (Å²) in [5.41, 5.74) is 6.50. The molecule has 1 saturated carbocycles. The number of nitrogens with one attached hydrogen (secondary N) is 2. The molecular formula is C31H45LiN2O5S2. The number of benzene rings is 2. The minimum atomic E-state index is -3.16. The van der Waals surface area contributed by atoms with E-state index in [1.54, 1.807) is 6.07 Å². The molecule has 1 amide bonds. The Bertz CT molecular complexity index is 1230. The van der Waals surface area contributed by atoms with Crippen LogP contribution in [0.25, 0.3) is 11.1 Å². The van der Waals surface area contributed by atoms with E-state index in [2.05, 4.69) is 17.7 Å². The zero-order valence-corrected chi connectivity index (χ0v) is 25.7. The summed E-state index contributed by atoms with van der Waals surface area (Å²) < 4.78 is 22.6. The van der Waals surface area contributed by atoms with E-state index in [1.807, 2.05) is 55.1 Å². The number of hydrogen-bond donors (Lipinski definition) is 2. The van der Waals surface area contributed by atoms with Crippen LogP contribution in [0.2, 0.25) is 0 Å². The Kier molecular flexibility index (Phi) is 15.6. The van der Waals surface area contributed by atoms with Gasteiger partial charge < -0.3 is 10.2 Å². The van der Waals surface area contributed by atoms with Crippen LogP contribution in [0.4, 0.5) is 0 Å². The fourth-order valence-electron chi connectivity index (χ4n) is 5.24. The van der Waals surface area contributed by atoms with Crippen molar-refractivity contribution in [2.75, 3.05) is 23.5 Å². The fourth-order valence-corrected chi connectivity index (χ4v) is 6.69. The number of carbonyl (C=O) groups excluding carboxylic acids is 2. The standard InChI is InChI=1S/C31H44N2O5S2.Li.H/c1-4-39-22-26(19-24-12-6-5-7-13-24)32-21-25-16-17-28(29(20-25)27-14-9-8-11-23(27)2)31(35)33-38-30(34)15-10-18-40(3,36)37;;/h8-9,11,14,16-17,20,24,26,32H,4-7,10,12-13,15,18-19,21-22H2,1-3H3,(H,33,35);;. The molecule has 41 heavy (non-hydrogen) atoms. The van der Waals surface area contributed by atoms with Crippen LogP contribution in [-0.2, 0) is 26.0 Å². The van der Waals surface area contributed by atoms with E-state index < -0.39 is 21.7 Å². The van der Waals surface area contributed by atoms with E-state index in [1.165, 1.54) is 38.5 Å². The van der Waals surface area contributed by atoms with Crippen molar-refractivity contribution in [3.8, 4) is 11.1 Å². The van der Waals surface area contributed by atoms with Gasteiger partial charge in [-0.25, -0.2) is 13.2 Å². The van der Waals surface area contributed by atoms with Crippen molar-refractivity contribution in [2.24, 2.45) is 5.92 Å². The van der Waals surface area contributed by atoms with Gasteiger partial charge in [-0.15, -0.1) is 0 Å². The van der Waals surface area contributed by atoms with Gasteiger partial charge in [0.25, 0.3) is 5.91 Å². The SMILES string of the molecule is CCSCC(CC1CCCCC1)NCc1ccc(C(=O)NOC(=O)CCCS(C)(=O)=O)c(-c2ccccc2C)c1.[LiH]. The molecule has 0 radical (unpaired) electrons. The maximum atomic E-state index is 13.1. The summed E-state index contributed by atoms with van der Waals surface area (Å²) >= 11 is 1.98. The van der Waals surface area contributed by atoms with E-state index in [9.17, 15) is 18.0 Å². The van der Waals surface area contributed by atoms with Crippen LogP contribution in [0.5, 0.6) is 0 Å². The molecule has 1 fully saturated rings. The summed E-state index contributed by atoms with van der Waals surface area (Å²) in [7, 11) is -3.16. The Morgan fingerprint density at radius 2 is 1.80 bits per heavy atom. The average molecular weight is 597 g/mol. The van der Waals surface area contributed by atoms with Gasteiger partial charge in [-0.05, 0) is 65.8 Å². The molecule has 0 saturated heterocycles. The molecule has 1 atom stereocenters. The molecule has 0 spiro atoms. The number of thioether (sulfide) groups is 1. The van der Waals surface area contributed by atoms with Gasteiger partial charge in [0.2, 0.25) is 0 Å². The van der Waals surface area contributed by atoms with Gasteiger partial charge in [0.05, 0.1) is 11.3 Å². The van der Waals surface area contributed by atoms with Crippen molar-refractivity contribution < 1.29 is 22.8 Å². The molecule has 7 nitrogen and oxygen atoms in total. The predicted octanol–water partition coefficient (Wildman–Crippen LogP) is 5.21. The predicted molar refractivity (Wildman–Crippen MR) is 171 cm³/mol. The van der Waals surface area contributed by atoms with Crippen LogP contribution in [0.1, 0.15) is 79.8 Å². The molecule has 2 N–H and O–H groups in total. The Morgan fingerprint density at radius 3 is 2.49 bits per heavy atom. The molecule has 3 rings (SSSR count). The zero-order chi connectivity index (χ0) is 29.0. The van der Waals surface area contributed by atoms with E-state index in [4.69, 9.17) is 4.84 Å². The van der Waals surface area contributed by atoms with Gasteiger partial charge in [0.15, 0.2) is 0 Å². The third kappa shape index (κ3) is 12.6. The number of hydrogen-bond acceptors (Lipinski definition) is 7. The van der Waals surface area contributed by atoms with Crippen molar-refractivity contribution in [1.82, 2.24) is 10.8 Å². The molecule has 0 bridgehead atoms. The monoisotopic (exact) mass is 596 g/mol.